The van der Waals surface area contributed by atoms with Crippen molar-refractivity contribution < 1.29 is 28.8 Å². The zero-order chi connectivity index (χ0) is 51.2. The van der Waals surface area contributed by atoms with Gasteiger partial charge in [-0.05, 0) is 97.4 Å². The van der Waals surface area contributed by atoms with Crippen LogP contribution in [0.3, 0.4) is 0 Å². The molecule has 5 rings (SSSR count). The van der Waals surface area contributed by atoms with Crippen LogP contribution >= 0.6 is 23.9 Å². The monoisotopic (exact) mass is 996 g/mol. The maximum absolute atomic E-state index is 14.4. The van der Waals surface area contributed by atoms with Crippen molar-refractivity contribution in [1.29, 1.82) is 0 Å². The minimum atomic E-state index is -0.851. The third-order valence-electron chi connectivity index (χ3n) is 12.3. The van der Waals surface area contributed by atoms with Crippen LogP contribution in [0.1, 0.15) is 91.1 Å². The van der Waals surface area contributed by atoms with Gasteiger partial charge in [-0.25, -0.2) is 8.61 Å². The van der Waals surface area contributed by atoms with Crippen molar-refractivity contribution in [3.63, 3.8) is 0 Å². The van der Waals surface area contributed by atoms with Crippen LogP contribution in [0.4, 0.5) is 0 Å². The molecule has 0 aromatic heterocycles. The summed E-state index contributed by atoms with van der Waals surface area (Å²) in [6.07, 6.45) is 6.60. The third-order valence-corrected chi connectivity index (χ3v) is 14.4. The Kier molecular flexibility index (Phi) is 20.3. The molecule has 0 saturated carbocycles. The van der Waals surface area contributed by atoms with Crippen LogP contribution in [0.15, 0.2) is 107 Å². The van der Waals surface area contributed by atoms with Gasteiger partial charge in [0, 0.05) is 49.1 Å². The summed E-state index contributed by atoms with van der Waals surface area (Å²) in [5, 5.41) is 14.8. The summed E-state index contributed by atoms with van der Waals surface area (Å²) in [6, 6.07) is 23.6. The van der Waals surface area contributed by atoms with Gasteiger partial charge in [-0.3, -0.25) is 28.8 Å². The number of nitrogens with zero attached hydrogens (tertiary/aromatic N) is 4. The fourth-order valence-corrected chi connectivity index (χ4v) is 10.4. The van der Waals surface area contributed by atoms with Crippen LogP contribution in [-0.4, -0.2) is 131 Å². The van der Waals surface area contributed by atoms with Crippen molar-refractivity contribution in [2.24, 2.45) is 10.8 Å². The standard InChI is InChI=1S/C53H73N9O6S2/c1-11-18-42(70-60-28-30-62(51(68)47(53(7,8)9)58-45(64)32-54-10)44(34-60)49(66)57-37(3)40-21-16-13-17-22-40)31-38-23-25-41(26-24-38)69-59-27-29-61(50(67)46(55-35-63)52(4,5)6)43(33-59)48(65)56-36(2)39-19-14-12-15-20-39/h11-26,31,35-37,43-44,46-47,54H,27-30,32-34H2,1-10H3,(H,55,63)(H,56,65)(H,57,66)(H,58,64)/b18-11-,42-31+. The van der Waals surface area contributed by atoms with Gasteiger partial charge in [0.2, 0.25) is 35.9 Å². The van der Waals surface area contributed by atoms with E-state index in [1.54, 1.807) is 16.8 Å². The van der Waals surface area contributed by atoms with Crippen molar-refractivity contribution in [3.8, 4) is 0 Å². The number of amides is 6. The second kappa shape index (κ2) is 25.6. The highest BCUT2D eigenvalue weighted by atomic mass is 32.2. The predicted molar refractivity (Wildman–Crippen MR) is 281 cm³/mol. The molecule has 2 fully saturated rings. The van der Waals surface area contributed by atoms with E-state index in [0.29, 0.717) is 26.0 Å². The summed E-state index contributed by atoms with van der Waals surface area (Å²) in [5.41, 5.74) is 1.64. The lowest BCUT2D eigenvalue weighted by Crippen LogP contribution is -2.64. The minimum Gasteiger partial charge on any atom is -0.348 e. The zero-order valence-corrected chi connectivity index (χ0v) is 44.0. The number of likely N-dealkylation sites (N-methyl/N-ethyl adjacent to an activating group) is 1. The first-order valence-corrected chi connectivity index (χ1v) is 25.5. The molecule has 6 unspecified atom stereocenters. The van der Waals surface area contributed by atoms with Crippen LogP contribution in [-0.2, 0) is 28.8 Å². The number of allylic oxidation sites excluding steroid dienone is 2. The van der Waals surface area contributed by atoms with E-state index in [1.165, 1.54) is 23.9 Å². The van der Waals surface area contributed by atoms with Gasteiger partial charge in [0.1, 0.15) is 24.2 Å². The lowest BCUT2D eigenvalue weighted by atomic mass is 9.85. The first kappa shape index (κ1) is 55.5. The molecule has 3 aromatic rings. The van der Waals surface area contributed by atoms with E-state index >= 15 is 0 Å². The Morgan fingerprint density at radius 3 is 1.63 bits per heavy atom. The van der Waals surface area contributed by atoms with E-state index < -0.39 is 35.0 Å². The lowest BCUT2D eigenvalue weighted by molar-refractivity contribution is -0.147. The van der Waals surface area contributed by atoms with Crippen molar-refractivity contribution in [1.82, 2.24) is 45.0 Å². The van der Waals surface area contributed by atoms with Gasteiger partial charge in [-0.1, -0.05) is 126 Å². The maximum atomic E-state index is 14.4. The van der Waals surface area contributed by atoms with Gasteiger partial charge in [0.15, 0.2) is 0 Å². The van der Waals surface area contributed by atoms with Crippen molar-refractivity contribution in [3.05, 3.63) is 119 Å². The number of rotatable bonds is 19. The fraction of sp³-hybridized carbons (Fsp3) is 0.472. The van der Waals surface area contributed by atoms with E-state index in [1.807, 2.05) is 159 Å². The smallest absolute Gasteiger partial charge is 0.246 e. The van der Waals surface area contributed by atoms with Crippen molar-refractivity contribution >= 4 is 65.9 Å². The average molecular weight is 996 g/mol. The average Bonchev–Trinajstić information content (AvgIpc) is 3.32. The summed E-state index contributed by atoms with van der Waals surface area (Å²) in [6.45, 7) is 19.3. The first-order valence-electron chi connectivity index (χ1n) is 24.0. The molecule has 5 N–H and O–H groups in total. The Labute approximate surface area is 423 Å². The number of hydrogen-bond acceptors (Lipinski definition) is 11. The molecule has 15 nitrogen and oxygen atoms in total. The molecule has 2 aliphatic heterocycles. The predicted octanol–water partition coefficient (Wildman–Crippen LogP) is 5.95. The summed E-state index contributed by atoms with van der Waals surface area (Å²) in [5.74, 6) is -1.45. The van der Waals surface area contributed by atoms with Gasteiger partial charge in [-0.2, -0.15) is 0 Å². The number of carbonyl (C=O) groups is 6. The highest BCUT2D eigenvalue weighted by Crippen LogP contribution is 2.32. The van der Waals surface area contributed by atoms with Crippen molar-refractivity contribution in [2.75, 3.05) is 52.9 Å². The summed E-state index contributed by atoms with van der Waals surface area (Å²) < 4.78 is 4.21. The molecular weight excluding hydrogens is 923 g/mol. The summed E-state index contributed by atoms with van der Waals surface area (Å²) >= 11 is 3.04. The number of piperazine rings is 2. The van der Waals surface area contributed by atoms with Gasteiger partial charge in [0.25, 0.3) is 0 Å². The van der Waals surface area contributed by atoms with E-state index in [2.05, 4.69) is 41.3 Å². The van der Waals surface area contributed by atoms with Crippen LogP contribution in [0.2, 0.25) is 0 Å². The number of carbonyl (C=O) groups excluding carboxylic acids is 6. The molecule has 17 heteroatoms. The topological polar surface area (TPSA) is 176 Å². The Morgan fingerprint density at radius 1 is 0.671 bits per heavy atom. The molecule has 0 radical (unpaired) electrons. The number of hydrogen-bond donors (Lipinski definition) is 5. The van der Waals surface area contributed by atoms with E-state index in [-0.39, 0.29) is 67.8 Å². The van der Waals surface area contributed by atoms with E-state index in [4.69, 9.17) is 0 Å². The molecule has 2 heterocycles. The normalized spacial score (nSPS) is 19.1. The molecule has 6 atom stereocenters. The largest absolute Gasteiger partial charge is 0.348 e. The first-order chi connectivity index (χ1) is 33.2. The van der Waals surface area contributed by atoms with Gasteiger partial charge in [-0.15, -0.1) is 0 Å². The summed E-state index contributed by atoms with van der Waals surface area (Å²) in [4.78, 5) is 86.4. The quantitative estimate of drug-likeness (QED) is 0.0546. The number of benzene rings is 3. The Balaban J connectivity index is 1.32. The Morgan fingerprint density at radius 2 is 1.16 bits per heavy atom. The molecule has 378 valence electrons. The van der Waals surface area contributed by atoms with Crippen molar-refractivity contribution in [2.45, 2.75) is 103 Å². The zero-order valence-electron chi connectivity index (χ0n) is 42.4. The SMILES string of the molecule is C/C=C\C(=C/c1ccc(SN2CCN(C(=O)C(NC=O)C(C)(C)C)C(C(=O)NC(C)c3ccccc3)C2)cc1)SN1CCN(C(=O)C(NC(=O)CNC)C(C)(C)C)C(C(=O)NC(C)c2ccccc2)C1. The molecule has 0 aliphatic carbocycles. The maximum Gasteiger partial charge on any atom is 0.246 e. The lowest BCUT2D eigenvalue weighted by Gasteiger charge is -2.43. The molecule has 70 heavy (non-hydrogen) atoms. The molecule has 2 saturated heterocycles. The van der Waals surface area contributed by atoms with Gasteiger partial charge >= 0.3 is 0 Å². The minimum absolute atomic E-state index is 0.0579. The summed E-state index contributed by atoms with van der Waals surface area (Å²) in [7, 11) is 1.67. The third kappa shape index (κ3) is 15.5. The highest BCUT2D eigenvalue weighted by molar-refractivity contribution is 8.01. The van der Waals surface area contributed by atoms with Gasteiger partial charge in [0.05, 0.1) is 18.6 Å². The van der Waals surface area contributed by atoms with Crippen LogP contribution in [0, 0.1) is 10.8 Å². The van der Waals surface area contributed by atoms with Crippen LogP contribution in [0.25, 0.3) is 6.08 Å². The number of nitrogens with one attached hydrogen (secondary N) is 5. The Hall–Kier alpha value is -5.46. The second-order valence-corrected chi connectivity index (χ2v) is 22.3. The van der Waals surface area contributed by atoms with E-state index in [0.717, 1.165) is 26.5 Å². The molecular formula is C53H73N9O6S2. The molecule has 0 spiro atoms. The molecule has 6 amide bonds. The van der Waals surface area contributed by atoms with E-state index in [9.17, 15) is 28.8 Å². The molecule has 2 aliphatic rings. The second-order valence-electron chi connectivity index (χ2n) is 19.9. The van der Waals surface area contributed by atoms with Crippen LogP contribution < -0.4 is 26.6 Å². The molecule has 3 aromatic carbocycles. The Bertz CT molecular complexity index is 2300. The highest BCUT2D eigenvalue weighted by Gasteiger charge is 2.44. The molecule has 0 bridgehead atoms. The van der Waals surface area contributed by atoms with Gasteiger partial charge < -0.3 is 36.4 Å². The van der Waals surface area contributed by atoms with Crippen LogP contribution in [0.5, 0.6) is 0 Å². The fourth-order valence-electron chi connectivity index (χ4n) is 8.40.